The van der Waals surface area contributed by atoms with Crippen molar-refractivity contribution < 1.29 is 9.53 Å². The Morgan fingerprint density at radius 3 is 2.56 bits per heavy atom. The van der Waals surface area contributed by atoms with Crippen LogP contribution in [0.5, 0.6) is 5.75 Å². The Kier molecular flexibility index (Phi) is 4.73. The fourth-order valence-electron chi connectivity index (χ4n) is 1.73. The third kappa shape index (κ3) is 3.24. The second-order valence-corrected chi connectivity index (χ2v) is 4.34. The van der Waals surface area contributed by atoms with Gasteiger partial charge < -0.3 is 9.64 Å². The first kappa shape index (κ1) is 14.0. The molecule has 4 nitrogen and oxygen atoms in total. The van der Waals surface area contributed by atoms with Gasteiger partial charge in [0, 0.05) is 7.05 Å². The van der Waals surface area contributed by atoms with Crippen molar-refractivity contribution in [3.63, 3.8) is 0 Å². The zero-order valence-corrected chi connectivity index (χ0v) is 11.3. The minimum Gasteiger partial charge on any atom is -0.495 e. The molecule has 18 heavy (non-hydrogen) atoms. The van der Waals surface area contributed by atoms with Crippen LogP contribution in [0.3, 0.4) is 0 Å². The number of methoxy groups -OCH3 is 1. The van der Waals surface area contributed by atoms with Gasteiger partial charge in [-0.25, -0.2) is 0 Å². The molecule has 96 valence electrons. The van der Waals surface area contributed by atoms with Crippen molar-refractivity contribution in [2.24, 2.45) is 0 Å². The number of hydrogen-bond donors (Lipinski definition) is 0. The molecule has 0 radical (unpaired) electrons. The van der Waals surface area contributed by atoms with Gasteiger partial charge in [0.1, 0.15) is 5.75 Å². The summed E-state index contributed by atoms with van der Waals surface area (Å²) < 4.78 is 5.33. The molecule has 0 aliphatic rings. The monoisotopic (exact) mass is 246 g/mol. The maximum absolute atomic E-state index is 11.5. The SMILES string of the molecule is COc1cc(C)c(C)cc1N(C)CC(=O)CC#N. The normalized spacial score (nSPS) is 9.72. The minimum atomic E-state index is -0.0970. The highest BCUT2D eigenvalue weighted by atomic mass is 16.5. The van der Waals surface area contributed by atoms with E-state index in [1.165, 1.54) is 0 Å². The number of ketones is 1. The van der Waals surface area contributed by atoms with E-state index in [-0.39, 0.29) is 18.7 Å². The van der Waals surface area contributed by atoms with Gasteiger partial charge in [0.2, 0.25) is 0 Å². The summed E-state index contributed by atoms with van der Waals surface area (Å²) in [6, 6.07) is 5.81. The Morgan fingerprint density at radius 2 is 2.00 bits per heavy atom. The molecule has 0 heterocycles. The highest BCUT2D eigenvalue weighted by Crippen LogP contribution is 2.30. The molecule has 0 amide bonds. The van der Waals surface area contributed by atoms with Crippen LogP contribution in [0.1, 0.15) is 17.5 Å². The van der Waals surface area contributed by atoms with Crippen LogP contribution < -0.4 is 9.64 Å². The molecule has 0 aliphatic heterocycles. The van der Waals surface area contributed by atoms with E-state index in [1.807, 2.05) is 44.0 Å². The van der Waals surface area contributed by atoms with Crippen molar-refractivity contribution in [1.29, 1.82) is 5.26 Å². The molecule has 0 bridgehead atoms. The standard InChI is InChI=1S/C14H18N2O2/c1-10-7-13(14(18-4)8-11(10)2)16(3)9-12(17)5-6-15/h7-8H,5,9H2,1-4H3. The zero-order valence-electron chi connectivity index (χ0n) is 11.3. The largest absolute Gasteiger partial charge is 0.495 e. The molecule has 0 spiro atoms. The van der Waals surface area contributed by atoms with Crippen LogP contribution in [0.25, 0.3) is 0 Å². The second-order valence-electron chi connectivity index (χ2n) is 4.34. The quantitative estimate of drug-likeness (QED) is 0.799. The Labute approximate surface area is 108 Å². The number of nitrogens with zero attached hydrogens (tertiary/aromatic N) is 2. The first-order valence-corrected chi connectivity index (χ1v) is 5.74. The summed E-state index contributed by atoms with van der Waals surface area (Å²) in [5, 5.41) is 8.49. The summed E-state index contributed by atoms with van der Waals surface area (Å²) in [4.78, 5) is 13.3. The van der Waals surface area contributed by atoms with Crippen LogP contribution in [0, 0.1) is 25.2 Å². The van der Waals surface area contributed by atoms with E-state index < -0.39 is 0 Å². The van der Waals surface area contributed by atoms with Gasteiger partial charge >= 0.3 is 0 Å². The smallest absolute Gasteiger partial charge is 0.166 e. The fourth-order valence-corrected chi connectivity index (χ4v) is 1.73. The van der Waals surface area contributed by atoms with Gasteiger partial charge in [0.15, 0.2) is 5.78 Å². The Hall–Kier alpha value is -2.02. The lowest BCUT2D eigenvalue weighted by Crippen LogP contribution is -2.25. The van der Waals surface area contributed by atoms with E-state index in [4.69, 9.17) is 10.00 Å². The highest BCUT2D eigenvalue weighted by molar-refractivity contribution is 5.85. The van der Waals surface area contributed by atoms with Crippen LogP contribution in [-0.2, 0) is 4.79 Å². The molecule has 0 fully saturated rings. The minimum absolute atomic E-state index is 0.0580. The van der Waals surface area contributed by atoms with Crippen LogP contribution in [0.2, 0.25) is 0 Å². The average molecular weight is 246 g/mol. The van der Waals surface area contributed by atoms with Gasteiger partial charge in [-0.2, -0.15) is 5.26 Å². The summed E-state index contributed by atoms with van der Waals surface area (Å²) in [6.07, 6.45) is -0.0580. The van der Waals surface area contributed by atoms with Crippen LogP contribution in [0.15, 0.2) is 12.1 Å². The van der Waals surface area contributed by atoms with Crippen LogP contribution in [-0.4, -0.2) is 26.5 Å². The summed E-state index contributed by atoms with van der Waals surface area (Å²) >= 11 is 0. The van der Waals surface area contributed by atoms with Gasteiger partial charge in [-0.3, -0.25) is 4.79 Å². The van der Waals surface area contributed by atoms with Crippen molar-refractivity contribution >= 4 is 11.5 Å². The van der Waals surface area contributed by atoms with Crippen molar-refractivity contribution in [2.45, 2.75) is 20.3 Å². The molecule has 1 aromatic carbocycles. The molecule has 0 saturated heterocycles. The van der Waals surface area contributed by atoms with Gasteiger partial charge in [-0.15, -0.1) is 0 Å². The zero-order chi connectivity index (χ0) is 13.7. The van der Waals surface area contributed by atoms with Gasteiger partial charge in [0.05, 0.1) is 31.8 Å². The van der Waals surface area contributed by atoms with Gasteiger partial charge in [-0.05, 0) is 37.1 Å². The van der Waals surface area contributed by atoms with E-state index in [9.17, 15) is 4.79 Å². The molecule has 0 aliphatic carbocycles. The molecule has 1 aromatic rings. The lowest BCUT2D eigenvalue weighted by Gasteiger charge is -2.22. The topological polar surface area (TPSA) is 53.3 Å². The number of Topliss-reactive ketones (excluding diaryl/α,β-unsaturated/α-hetero) is 1. The Morgan fingerprint density at radius 1 is 1.39 bits per heavy atom. The molecule has 0 atom stereocenters. The molecule has 0 N–H and O–H groups in total. The molecule has 1 rings (SSSR count). The van der Waals surface area contributed by atoms with Gasteiger partial charge in [-0.1, -0.05) is 0 Å². The number of rotatable bonds is 5. The Bertz CT molecular complexity index is 489. The molecular formula is C14H18N2O2. The molecule has 4 heteroatoms. The Balaban J connectivity index is 2.98. The number of likely N-dealkylation sites (N-methyl/N-ethyl adjacent to an activating group) is 1. The van der Waals surface area contributed by atoms with E-state index >= 15 is 0 Å². The number of nitriles is 1. The third-order valence-corrected chi connectivity index (χ3v) is 2.90. The predicted molar refractivity (Wildman–Crippen MR) is 71.0 cm³/mol. The van der Waals surface area contributed by atoms with E-state index in [2.05, 4.69) is 0 Å². The fraction of sp³-hybridized carbons (Fsp3) is 0.429. The van der Waals surface area contributed by atoms with Gasteiger partial charge in [0.25, 0.3) is 0 Å². The number of hydrogen-bond acceptors (Lipinski definition) is 4. The summed E-state index contributed by atoms with van der Waals surface area (Å²) in [5.41, 5.74) is 3.16. The lowest BCUT2D eigenvalue weighted by atomic mass is 10.1. The first-order chi connectivity index (χ1) is 8.49. The summed E-state index contributed by atoms with van der Waals surface area (Å²) in [5.74, 6) is 0.644. The van der Waals surface area contributed by atoms with Crippen LogP contribution >= 0.6 is 0 Å². The third-order valence-electron chi connectivity index (χ3n) is 2.90. The van der Waals surface area contributed by atoms with Crippen LogP contribution in [0.4, 0.5) is 5.69 Å². The average Bonchev–Trinajstić information content (AvgIpc) is 2.32. The molecule has 0 unspecified atom stereocenters. The van der Waals surface area contributed by atoms with E-state index in [1.54, 1.807) is 7.11 Å². The number of anilines is 1. The number of aryl methyl sites for hydroxylation is 2. The molecule has 0 saturated carbocycles. The van der Waals surface area contributed by atoms with Crippen molar-refractivity contribution in [3.8, 4) is 11.8 Å². The number of benzene rings is 1. The predicted octanol–water partition coefficient (Wildman–Crippen LogP) is 2.23. The summed E-state index contributed by atoms with van der Waals surface area (Å²) in [7, 11) is 3.43. The maximum atomic E-state index is 11.5. The van der Waals surface area contributed by atoms with Crippen molar-refractivity contribution in [1.82, 2.24) is 0 Å². The lowest BCUT2D eigenvalue weighted by molar-refractivity contribution is -0.116. The molecular weight excluding hydrogens is 228 g/mol. The maximum Gasteiger partial charge on any atom is 0.166 e. The highest BCUT2D eigenvalue weighted by Gasteiger charge is 2.13. The second kappa shape index (κ2) is 6.06. The first-order valence-electron chi connectivity index (χ1n) is 5.74. The molecule has 0 aromatic heterocycles. The van der Waals surface area contributed by atoms with Crippen molar-refractivity contribution in [2.75, 3.05) is 25.6 Å². The summed E-state index contributed by atoms with van der Waals surface area (Å²) in [6.45, 7) is 4.25. The van der Waals surface area contributed by atoms with E-state index in [0.717, 1.165) is 22.6 Å². The number of ether oxygens (including phenoxy) is 1. The number of carbonyl (C=O) groups excluding carboxylic acids is 1. The van der Waals surface area contributed by atoms with Crippen molar-refractivity contribution in [3.05, 3.63) is 23.3 Å². The number of carbonyl (C=O) groups is 1. The van der Waals surface area contributed by atoms with E-state index in [0.29, 0.717) is 0 Å².